The average Bonchev–Trinajstić information content (AvgIpc) is 2.54. The van der Waals surface area contributed by atoms with Gasteiger partial charge in [0, 0.05) is 13.7 Å². The van der Waals surface area contributed by atoms with Gasteiger partial charge in [-0.1, -0.05) is 17.7 Å². The molecule has 0 fully saturated rings. The van der Waals surface area contributed by atoms with Crippen LogP contribution in [0.3, 0.4) is 0 Å². The first kappa shape index (κ1) is 21.1. The van der Waals surface area contributed by atoms with E-state index >= 15 is 0 Å². The molecule has 0 aliphatic heterocycles. The van der Waals surface area contributed by atoms with E-state index in [1.807, 2.05) is 6.92 Å². The number of hydrogen-bond donors (Lipinski definition) is 2. The molecule has 0 aliphatic carbocycles. The van der Waals surface area contributed by atoms with Crippen LogP contribution in [0, 0.1) is 6.92 Å². The zero-order valence-corrected chi connectivity index (χ0v) is 15.6. The lowest BCUT2D eigenvalue weighted by atomic mass is 10.2. The Bertz CT molecular complexity index is 687. The summed E-state index contributed by atoms with van der Waals surface area (Å²) in [4.78, 5) is 23.8. The third-order valence-electron chi connectivity index (χ3n) is 3.28. The predicted octanol–water partition coefficient (Wildman–Crippen LogP) is 0.356. The molecule has 0 spiro atoms. The molecule has 9 heteroatoms. The van der Waals surface area contributed by atoms with Crippen LogP contribution in [0.2, 0.25) is 0 Å². The van der Waals surface area contributed by atoms with Gasteiger partial charge in [-0.2, -0.15) is 4.72 Å². The molecule has 0 unspecified atom stereocenters. The normalized spacial score (nSPS) is 13.8. The van der Waals surface area contributed by atoms with E-state index < -0.39 is 34.0 Å². The lowest BCUT2D eigenvalue weighted by molar-refractivity contribution is -0.156. The van der Waals surface area contributed by atoms with E-state index in [-0.39, 0.29) is 11.4 Å². The predicted molar refractivity (Wildman–Crippen MR) is 91.4 cm³/mol. The number of hydrogen-bond acceptors (Lipinski definition) is 6. The van der Waals surface area contributed by atoms with E-state index in [1.54, 1.807) is 12.1 Å². The topological polar surface area (TPSA) is 111 Å². The first-order chi connectivity index (χ1) is 11.7. The van der Waals surface area contributed by atoms with Gasteiger partial charge < -0.3 is 14.8 Å². The molecule has 1 aromatic rings. The molecule has 8 nitrogen and oxygen atoms in total. The molecule has 0 radical (unpaired) electrons. The number of aryl methyl sites for hydroxylation is 1. The van der Waals surface area contributed by atoms with Crippen molar-refractivity contribution in [3.63, 3.8) is 0 Å². The summed E-state index contributed by atoms with van der Waals surface area (Å²) in [5.74, 6) is -1.33. The third kappa shape index (κ3) is 6.81. The van der Waals surface area contributed by atoms with E-state index in [2.05, 4.69) is 10.0 Å². The Morgan fingerprint density at radius 2 is 1.76 bits per heavy atom. The van der Waals surface area contributed by atoms with Crippen molar-refractivity contribution in [1.82, 2.24) is 10.0 Å². The van der Waals surface area contributed by atoms with Gasteiger partial charge in [0.25, 0.3) is 5.91 Å². The van der Waals surface area contributed by atoms with Gasteiger partial charge in [-0.15, -0.1) is 0 Å². The summed E-state index contributed by atoms with van der Waals surface area (Å²) in [6.45, 7) is 5.21. The SMILES string of the molecule is COCCNC(=O)[C@@H](C)OC(=O)[C@H](C)NS(=O)(=O)c1ccc(C)cc1. The first-order valence-corrected chi connectivity index (χ1v) is 9.22. The Morgan fingerprint density at radius 1 is 1.16 bits per heavy atom. The maximum absolute atomic E-state index is 12.2. The van der Waals surface area contributed by atoms with Crippen molar-refractivity contribution in [1.29, 1.82) is 0 Å². The van der Waals surface area contributed by atoms with Gasteiger partial charge in [-0.05, 0) is 32.9 Å². The lowest BCUT2D eigenvalue weighted by Crippen LogP contribution is -2.43. The average molecular weight is 372 g/mol. The summed E-state index contributed by atoms with van der Waals surface area (Å²) < 4.78 is 36.5. The molecule has 1 rings (SSSR count). The number of carbonyl (C=O) groups excluding carboxylic acids is 2. The maximum atomic E-state index is 12.2. The monoisotopic (exact) mass is 372 g/mol. The fourth-order valence-corrected chi connectivity index (χ4v) is 3.01. The van der Waals surface area contributed by atoms with Gasteiger partial charge in [0.05, 0.1) is 11.5 Å². The number of benzene rings is 1. The zero-order chi connectivity index (χ0) is 19.0. The van der Waals surface area contributed by atoms with Crippen molar-refractivity contribution in [3.05, 3.63) is 29.8 Å². The van der Waals surface area contributed by atoms with E-state index in [0.29, 0.717) is 6.61 Å². The van der Waals surface area contributed by atoms with Gasteiger partial charge in [0.1, 0.15) is 6.04 Å². The van der Waals surface area contributed by atoms with Crippen LogP contribution in [0.4, 0.5) is 0 Å². The zero-order valence-electron chi connectivity index (χ0n) is 14.7. The van der Waals surface area contributed by atoms with Gasteiger partial charge in [-0.3, -0.25) is 9.59 Å². The molecule has 0 heterocycles. The maximum Gasteiger partial charge on any atom is 0.324 e. The second-order valence-electron chi connectivity index (χ2n) is 5.52. The van der Waals surface area contributed by atoms with E-state index in [0.717, 1.165) is 5.56 Å². The molecule has 0 saturated heterocycles. The number of amides is 1. The highest BCUT2D eigenvalue weighted by atomic mass is 32.2. The number of esters is 1. The Balaban J connectivity index is 2.61. The Labute approximate surface area is 147 Å². The number of ether oxygens (including phenoxy) is 2. The molecule has 0 saturated carbocycles. The largest absolute Gasteiger partial charge is 0.451 e. The van der Waals surface area contributed by atoms with Crippen LogP contribution in [0.15, 0.2) is 29.2 Å². The minimum atomic E-state index is -3.86. The first-order valence-electron chi connectivity index (χ1n) is 7.73. The fraction of sp³-hybridized carbons (Fsp3) is 0.500. The van der Waals surface area contributed by atoms with E-state index in [9.17, 15) is 18.0 Å². The molecule has 25 heavy (non-hydrogen) atoms. The lowest BCUT2D eigenvalue weighted by Gasteiger charge is -2.17. The van der Waals surface area contributed by atoms with E-state index in [1.165, 1.54) is 33.1 Å². The molecule has 0 aliphatic rings. The van der Waals surface area contributed by atoms with E-state index in [4.69, 9.17) is 9.47 Å². The molecule has 140 valence electrons. The van der Waals surface area contributed by atoms with Crippen molar-refractivity contribution >= 4 is 21.9 Å². The van der Waals surface area contributed by atoms with Crippen LogP contribution in [-0.4, -0.2) is 52.7 Å². The molecule has 2 N–H and O–H groups in total. The summed E-state index contributed by atoms with van der Waals surface area (Å²) in [6.07, 6.45) is -1.05. The number of nitrogens with one attached hydrogen (secondary N) is 2. The Kier molecular flexibility index (Phi) is 8.01. The number of sulfonamides is 1. The number of carbonyl (C=O) groups is 2. The van der Waals surface area contributed by atoms with Crippen LogP contribution in [0.5, 0.6) is 0 Å². The van der Waals surface area contributed by atoms with Crippen molar-refractivity contribution < 1.29 is 27.5 Å². The van der Waals surface area contributed by atoms with Crippen molar-refractivity contribution in [2.45, 2.75) is 37.8 Å². The van der Waals surface area contributed by atoms with Gasteiger partial charge in [0.15, 0.2) is 6.10 Å². The van der Waals surface area contributed by atoms with Gasteiger partial charge >= 0.3 is 5.97 Å². The standard InChI is InChI=1S/C16H24N2O6S/c1-11-5-7-14(8-6-11)25(21,22)18-12(2)16(20)24-13(3)15(19)17-9-10-23-4/h5-8,12-13,18H,9-10H2,1-4H3,(H,17,19)/t12-,13+/m0/s1. The number of rotatable bonds is 9. The summed E-state index contributed by atoms with van der Waals surface area (Å²) in [7, 11) is -2.37. The molecule has 2 atom stereocenters. The molecular formula is C16H24N2O6S. The van der Waals surface area contributed by atoms with Crippen molar-refractivity contribution in [2.75, 3.05) is 20.3 Å². The third-order valence-corrected chi connectivity index (χ3v) is 4.84. The molecule has 1 amide bonds. The molecule has 0 aromatic heterocycles. The van der Waals surface area contributed by atoms with Crippen LogP contribution in [0.1, 0.15) is 19.4 Å². The van der Waals surface area contributed by atoms with Crippen LogP contribution < -0.4 is 10.0 Å². The minimum Gasteiger partial charge on any atom is -0.451 e. The van der Waals surface area contributed by atoms with Crippen LogP contribution in [0.25, 0.3) is 0 Å². The quantitative estimate of drug-likeness (QED) is 0.478. The number of methoxy groups -OCH3 is 1. The smallest absolute Gasteiger partial charge is 0.324 e. The highest BCUT2D eigenvalue weighted by molar-refractivity contribution is 7.89. The van der Waals surface area contributed by atoms with Gasteiger partial charge in [0.2, 0.25) is 10.0 Å². The van der Waals surface area contributed by atoms with Crippen molar-refractivity contribution in [3.8, 4) is 0 Å². The second-order valence-corrected chi connectivity index (χ2v) is 7.23. The summed E-state index contributed by atoms with van der Waals surface area (Å²) >= 11 is 0. The molecular weight excluding hydrogens is 348 g/mol. The minimum absolute atomic E-state index is 0.0445. The summed E-state index contributed by atoms with van der Waals surface area (Å²) in [5, 5.41) is 2.53. The highest BCUT2D eigenvalue weighted by Gasteiger charge is 2.26. The highest BCUT2D eigenvalue weighted by Crippen LogP contribution is 2.11. The summed E-state index contributed by atoms with van der Waals surface area (Å²) in [6, 6.07) is 5.07. The fourth-order valence-electron chi connectivity index (χ4n) is 1.82. The van der Waals surface area contributed by atoms with Crippen LogP contribution >= 0.6 is 0 Å². The summed E-state index contributed by atoms with van der Waals surface area (Å²) in [5.41, 5.74) is 0.916. The molecule has 1 aromatic carbocycles. The molecule has 0 bridgehead atoms. The van der Waals surface area contributed by atoms with Gasteiger partial charge in [-0.25, -0.2) is 8.42 Å². The van der Waals surface area contributed by atoms with Crippen molar-refractivity contribution in [2.24, 2.45) is 0 Å². The second kappa shape index (κ2) is 9.50. The Hall–Kier alpha value is -1.97. The Morgan fingerprint density at radius 3 is 2.32 bits per heavy atom. The van der Waals surface area contributed by atoms with Crippen LogP contribution in [-0.2, 0) is 29.1 Å².